The van der Waals surface area contributed by atoms with E-state index in [1.165, 1.54) is 36.7 Å². The first-order valence-corrected chi connectivity index (χ1v) is 6.24. The van der Waals surface area contributed by atoms with Gasteiger partial charge in [-0.2, -0.15) is 0 Å². The topological polar surface area (TPSA) is 79.3 Å². The Morgan fingerprint density at radius 1 is 1.29 bits per heavy atom. The molecule has 1 heterocycles. The molecule has 2 N–H and O–H groups in total. The van der Waals surface area contributed by atoms with Crippen LogP contribution >= 0.6 is 0 Å². The Morgan fingerprint density at radius 2 is 2.10 bits per heavy atom. The number of carboxylic acids is 1. The van der Waals surface area contributed by atoms with Gasteiger partial charge in [0.15, 0.2) is 0 Å². The van der Waals surface area contributed by atoms with Gasteiger partial charge in [0.05, 0.1) is 5.56 Å². The predicted molar refractivity (Wildman–Crippen MR) is 73.2 cm³/mol. The minimum Gasteiger partial charge on any atom is -0.480 e. The molecule has 2 aromatic rings. The van der Waals surface area contributed by atoms with Crippen molar-refractivity contribution in [1.82, 2.24) is 10.3 Å². The number of hydrogen-bond donors (Lipinski definition) is 2. The van der Waals surface area contributed by atoms with Crippen LogP contribution in [0.5, 0.6) is 0 Å². The maximum Gasteiger partial charge on any atom is 0.326 e. The van der Waals surface area contributed by atoms with Crippen LogP contribution in [0.15, 0.2) is 48.8 Å². The molecular weight excluding hydrogens is 275 g/mol. The third-order valence-corrected chi connectivity index (χ3v) is 2.86. The number of nitrogens with zero attached hydrogens (tertiary/aromatic N) is 1. The number of benzene rings is 1. The van der Waals surface area contributed by atoms with E-state index in [2.05, 4.69) is 10.3 Å². The zero-order valence-corrected chi connectivity index (χ0v) is 11.0. The van der Waals surface area contributed by atoms with Crippen LogP contribution in [0.4, 0.5) is 4.39 Å². The zero-order chi connectivity index (χ0) is 15.2. The average Bonchev–Trinajstić information content (AvgIpc) is 2.47. The van der Waals surface area contributed by atoms with Crippen molar-refractivity contribution in [2.75, 3.05) is 0 Å². The molecule has 0 saturated heterocycles. The molecule has 0 unspecified atom stereocenters. The van der Waals surface area contributed by atoms with Crippen LogP contribution < -0.4 is 5.32 Å². The molecule has 6 heteroatoms. The van der Waals surface area contributed by atoms with Gasteiger partial charge in [0.1, 0.15) is 11.9 Å². The first kappa shape index (κ1) is 14.6. The van der Waals surface area contributed by atoms with Gasteiger partial charge in [-0.1, -0.05) is 12.1 Å². The second-order valence-corrected chi connectivity index (χ2v) is 4.44. The molecule has 5 nitrogen and oxygen atoms in total. The second-order valence-electron chi connectivity index (χ2n) is 4.44. The van der Waals surface area contributed by atoms with Crippen LogP contribution in [0.2, 0.25) is 0 Å². The molecule has 0 saturated carbocycles. The van der Waals surface area contributed by atoms with Crippen molar-refractivity contribution in [3.63, 3.8) is 0 Å². The number of carbonyl (C=O) groups is 2. The highest BCUT2D eigenvalue weighted by Crippen LogP contribution is 2.07. The number of carbonyl (C=O) groups excluding carboxylic acids is 1. The summed E-state index contributed by atoms with van der Waals surface area (Å²) in [7, 11) is 0. The van der Waals surface area contributed by atoms with Crippen molar-refractivity contribution >= 4 is 11.9 Å². The lowest BCUT2D eigenvalue weighted by molar-refractivity contribution is -0.139. The maximum absolute atomic E-state index is 13.1. The smallest absolute Gasteiger partial charge is 0.326 e. The molecule has 0 spiro atoms. The normalized spacial score (nSPS) is 11.7. The molecule has 1 aromatic heterocycles. The first-order chi connectivity index (χ1) is 10.1. The van der Waals surface area contributed by atoms with E-state index < -0.39 is 23.7 Å². The minimum absolute atomic E-state index is 0.000897. The summed E-state index contributed by atoms with van der Waals surface area (Å²) in [5, 5.41) is 11.6. The van der Waals surface area contributed by atoms with E-state index in [1.807, 2.05) is 0 Å². The van der Waals surface area contributed by atoms with Crippen LogP contribution in [0.25, 0.3) is 0 Å². The van der Waals surface area contributed by atoms with E-state index >= 15 is 0 Å². The fourth-order valence-electron chi connectivity index (χ4n) is 1.84. The van der Waals surface area contributed by atoms with Crippen LogP contribution in [-0.2, 0) is 11.2 Å². The van der Waals surface area contributed by atoms with E-state index in [-0.39, 0.29) is 12.0 Å². The molecule has 2 rings (SSSR count). The van der Waals surface area contributed by atoms with E-state index in [4.69, 9.17) is 0 Å². The van der Waals surface area contributed by atoms with E-state index in [9.17, 15) is 19.1 Å². The Kier molecular flexibility index (Phi) is 4.61. The van der Waals surface area contributed by atoms with Crippen molar-refractivity contribution in [3.05, 3.63) is 65.7 Å². The number of amides is 1. The standard InChI is InChI=1S/C15H13FN2O3/c16-12-5-1-3-10(7-12)8-13(15(20)21)18-14(19)11-4-2-6-17-9-11/h1-7,9,13H,8H2,(H,18,19)(H,20,21)/t13-/m1/s1. The van der Waals surface area contributed by atoms with Crippen LogP contribution in [-0.4, -0.2) is 28.0 Å². The minimum atomic E-state index is -1.18. The fourth-order valence-corrected chi connectivity index (χ4v) is 1.84. The number of carboxylic acid groups (broad SMARTS) is 1. The van der Waals surface area contributed by atoms with Crippen molar-refractivity contribution in [2.24, 2.45) is 0 Å². The molecule has 0 fully saturated rings. The van der Waals surface area contributed by atoms with Crippen LogP contribution in [0.3, 0.4) is 0 Å². The molecule has 1 atom stereocenters. The summed E-state index contributed by atoms with van der Waals surface area (Å²) in [4.78, 5) is 27.0. The zero-order valence-electron chi connectivity index (χ0n) is 11.0. The van der Waals surface area contributed by atoms with Crippen LogP contribution in [0.1, 0.15) is 15.9 Å². The third kappa shape index (κ3) is 4.10. The van der Waals surface area contributed by atoms with Crippen molar-refractivity contribution in [1.29, 1.82) is 0 Å². The molecule has 1 amide bonds. The van der Waals surface area contributed by atoms with Gasteiger partial charge in [-0.05, 0) is 29.8 Å². The van der Waals surface area contributed by atoms with Gasteiger partial charge in [-0.3, -0.25) is 9.78 Å². The molecule has 0 aliphatic carbocycles. The third-order valence-electron chi connectivity index (χ3n) is 2.86. The SMILES string of the molecule is O=C(N[C@H](Cc1cccc(F)c1)C(=O)O)c1cccnc1. The van der Waals surface area contributed by atoms with Crippen LogP contribution in [0, 0.1) is 5.82 Å². The summed E-state index contributed by atoms with van der Waals surface area (Å²) in [6.07, 6.45) is 2.85. The summed E-state index contributed by atoms with van der Waals surface area (Å²) in [5.74, 6) is -2.17. The monoisotopic (exact) mass is 288 g/mol. The summed E-state index contributed by atoms with van der Waals surface area (Å²) in [6, 6.07) is 7.58. The number of halogens is 1. The van der Waals surface area contributed by atoms with Gasteiger partial charge in [0, 0.05) is 18.8 Å². The quantitative estimate of drug-likeness (QED) is 0.876. The predicted octanol–water partition coefficient (Wildman–Crippen LogP) is 1.65. The molecule has 0 radical (unpaired) electrons. The van der Waals surface area contributed by atoms with Gasteiger partial charge in [0.25, 0.3) is 5.91 Å². The molecule has 0 bridgehead atoms. The summed E-state index contributed by atoms with van der Waals surface area (Å²) in [5.41, 5.74) is 0.761. The number of aromatic nitrogens is 1. The molecule has 21 heavy (non-hydrogen) atoms. The highest BCUT2D eigenvalue weighted by molar-refractivity contribution is 5.96. The van der Waals surface area contributed by atoms with E-state index in [0.717, 1.165) is 0 Å². The Labute approximate surface area is 120 Å². The highest BCUT2D eigenvalue weighted by Gasteiger charge is 2.21. The Hall–Kier alpha value is -2.76. The molecule has 108 valence electrons. The summed E-state index contributed by atoms with van der Waals surface area (Å²) in [6.45, 7) is 0. The molecule has 0 aliphatic rings. The average molecular weight is 288 g/mol. The largest absolute Gasteiger partial charge is 0.480 e. The first-order valence-electron chi connectivity index (χ1n) is 6.24. The molecule has 0 aliphatic heterocycles. The fraction of sp³-hybridized carbons (Fsp3) is 0.133. The number of hydrogen-bond acceptors (Lipinski definition) is 3. The number of pyridine rings is 1. The summed E-state index contributed by atoms with van der Waals surface area (Å²) >= 11 is 0. The molecular formula is C15H13FN2O3. The second kappa shape index (κ2) is 6.60. The van der Waals surface area contributed by atoms with Gasteiger partial charge in [-0.25, -0.2) is 9.18 Å². The van der Waals surface area contributed by atoms with E-state index in [1.54, 1.807) is 12.1 Å². The summed E-state index contributed by atoms with van der Waals surface area (Å²) < 4.78 is 13.1. The van der Waals surface area contributed by atoms with Gasteiger partial charge in [-0.15, -0.1) is 0 Å². The lowest BCUT2D eigenvalue weighted by Crippen LogP contribution is -2.42. The van der Waals surface area contributed by atoms with Crippen molar-refractivity contribution < 1.29 is 19.1 Å². The lowest BCUT2D eigenvalue weighted by Gasteiger charge is -2.14. The maximum atomic E-state index is 13.1. The Bertz CT molecular complexity index is 646. The number of rotatable bonds is 5. The Morgan fingerprint density at radius 3 is 2.71 bits per heavy atom. The van der Waals surface area contributed by atoms with Crippen molar-refractivity contribution in [3.8, 4) is 0 Å². The highest BCUT2D eigenvalue weighted by atomic mass is 19.1. The van der Waals surface area contributed by atoms with E-state index in [0.29, 0.717) is 5.56 Å². The van der Waals surface area contributed by atoms with Gasteiger partial charge in [0.2, 0.25) is 0 Å². The molecule has 1 aromatic carbocycles. The number of nitrogens with one attached hydrogen (secondary N) is 1. The van der Waals surface area contributed by atoms with Gasteiger partial charge < -0.3 is 10.4 Å². The van der Waals surface area contributed by atoms with Crippen molar-refractivity contribution in [2.45, 2.75) is 12.5 Å². The van der Waals surface area contributed by atoms with Gasteiger partial charge >= 0.3 is 5.97 Å². The number of aliphatic carboxylic acids is 1. The lowest BCUT2D eigenvalue weighted by atomic mass is 10.1. The Balaban J connectivity index is 2.09.